The van der Waals surface area contributed by atoms with Gasteiger partial charge in [-0.25, -0.2) is 9.78 Å². The van der Waals surface area contributed by atoms with Crippen LogP contribution < -0.4 is 5.32 Å². The molecule has 2 amide bonds. The number of anilines is 1. The van der Waals surface area contributed by atoms with Crippen molar-refractivity contribution in [2.24, 2.45) is 5.92 Å². The summed E-state index contributed by atoms with van der Waals surface area (Å²) in [6, 6.07) is 8.10. The second kappa shape index (κ2) is 9.47. The number of hydrogen-bond donors (Lipinski definition) is 1. The van der Waals surface area contributed by atoms with E-state index in [-0.39, 0.29) is 17.9 Å². The van der Waals surface area contributed by atoms with Gasteiger partial charge >= 0.3 is 6.09 Å². The zero-order valence-electron chi connectivity index (χ0n) is 19.6. The number of carbonyl (C=O) groups is 2. The Morgan fingerprint density at radius 1 is 1.22 bits per heavy atom. The fourth-order valence-electron chi connectivity index (χ4n) is 3.12. The van der Waals surface area contributed by atoms with E-state index in [1.807, 2.05) is 45.0 Å². The first-order chi connectivity index (χ1) is 14.9. The van der Waals surface area contributed by atoms with Gasteiger partial charge in [0.1, 0.15) is 13.7 Å². The molecule has 32 heavy (non-hydrogen) atoms. The van der Waals surface area contributed by atoms with E-state index in [1.54, 1.807) is 11.1 Å². The summed E-state index contributed by atoms with van der Waals surface area (Å²) < 4.78 is 5.40. The molecule has 1 N–H and O–H groups in total. The van der Waals surface area contributed by atoms with E-state index in [2.05, 4.69) is 41.4 Å². The van der Waals surface area contributed by atoms with Gasteiger partial charge in [-0.3, -0.25) is 4.79 Å². The first kappa shape index (κ1) is 24.0. The number of nitrogens with zero attached hydrogens (tertiary/aromatic N) is 2. The molecule has 6 nitrogen and oxygen atoms in total. The summed E-state index contributed by atoms with van der Waals surface area (Å²) in [6.07, 6.45) is 2.01. The molecule has 2 heterocycles. The maximum Gasteiger partial charge on any atom is 0.410 e. The summed E-state index contributed by atoms with van der Waals surface area (Å²) in [6.45, 7) is 13.0. The molecule has 0 aliphatic carbocycles. The van der Waals surface area contributed by atoms with E-state index >= 15 is 0 Å². The second-order valence-corrected chi connectivity index (χ2v) is 15.8. The third kappa shape index (κ3) is 6.94. The van der Waals surface area contributed by atoms with Gasteiger partial charge in [-0.1, -0.05) is 49.0 Å². The van der Waals surface area contributed by atoms with Crippen molar-refractivity contribution in [3.63, 3.8) is 0 Å². The number of rotatable bonds is 3. The summed E-state index contributed by atoms with van der Waals surface area (Å²) in [5.41, 5.74) is 4.87. The van der Waals surface area contributed by atoms with Crippen LogP contribution in [0.5, 0.6) is 0 Å². The van der Waals surface area contributed by atoms with Crippen molar-refractivity contribution in [1.82, 2.24) is 9.88 Å². The monoisotopic (exact) mass is 469 g/mol. The lowest BCUT2D eigenvalue weighted by Gasteiger charge is -2.24. The van der Waals surface area contributed by atoms with E-state index in [9.17, 15) is 9.59 Å². The van der Waals surface area contributed by atoms with Crippen LogP contribution in [0.4, 0.5) is 9.93 Å². The molecule has 1 aliphatic rings. The van der Waals surface area contributed by atoms with Gasteiger partial charge in [0.2, 0.25) is 5.91 Å². The summed E-state index contributed by atoms with van der Waals surface area (Å²) >= 11 is 1.43. The summed E-state index contributed by atoms with van der Waals surface area (Å²) in [5, 5.41) is 3.46. The molecule has 1 aliphatic heterocycles. The minimum absolute atomic E-state index is 0.117. The minimum atomic E-state index is -1.40. The molecule has 2 aromatic rings. The number of benzene rings is 1. The molecule has 0 unspecified atom stereocenters. The van der Waals surface area contributed by atoms with Gasteiger partial charge in [-0.2, -0.15) is 0 Å². The molecule has 0 spiro atoms. The Bertz CT molecular complexity index is 1040. The quantitative estimate of drug-likeness (QED) is 0.493. The van der Waals surface area contributed by atoms with Gasteiger partial charge < -0.3 is 15.0 Å². The first-order valence-corrected chi connectivity index (χ1v) is 15.1. The molecule has 1 aromatic carbocycles. The molecule has 1 atom stereocenters. The highest BCUT2D eigenvalue weighted by atomic mass is 32.1. The van der Waals surface area contributed by atoms with Crippen LogP contribution in [0.15, 0.2) is 30.5 Å². The van der Waals surface area contributed by atoms with Crippen molar-refractivity contribution < 1.29 is 14.3 Å². The lowest BCUT2D eigenvalue weighted by molar-refractivity contribution is -0.119. The Morgan fingerprint density at radius 3 is 2.53 bits per heavy atom. The molecule has 0 saturated carbocycles. The number of hydrogen-bond acceptors (Lipinski definition) is 5. The van der Waals surface area contributed by atoms with Gasteiger partial charge in [0.05, 0.1) is 10.8 Å². The smallest absolute Gasteiger partial charge is 0.410 e. The van der Waals surface area contributed by atoms with Gasteiger partial charge in [0, 0.05) is 24.8 Å². The van der Waals surface area contributed by atoms with Crippen LogP contribution in [0.2, 0.25) is 19.6 Å². The zero-order valence-corrected chi connectivity index (χ0v) is 21.4. The van der Waals surface area contributed by atoms with Crippen molar-refractivity contribution in [3.05, 3.63) is 36.0 Å². The predicted octanol–water partition coefficient (Wildman–Crippen LogP) is 5.23. The SMILES string of the molecule is CC(C)(C)OC(=O)N1CC[C@H](C(=O)Nc2ncc(-c3ccc(C#C[Si](C)(C)C)cc3)s2)C1. The normalized spacial score (nSPS) is 16.3. The van der Waals surface area contributed by atoms with E-state index in [1.165, 1.54) is 11.3 Å². The van der Waals surface area contributed by atoms with Crippen LogP contribution >= 0.6 is 11.3 Å². The lowest BCUT2D eigenvalue weighted by atomic mass is 10.1. The minimum Gasteiger partial charge on any atom is -0.444 e. The maximum atomic E-state index is 12.7. The predicted molar refractivity (Wildman–Crippen MR) is 132 cm³/mol. The summed E-state index contributed by atoms with van der Waals surface area (Å²) in [7, 11) is -1.40. The summed E-state index contributed by atoms with van der Waals surface area (Å²) in [5.74, 6) is 2.87. The van der Waals surface area contributed by atoms with Crippen LogP contribution in [-0.4, -0.2) is 48.6 Å². The third-order valence-corrected chi connectivity index (χ3v) is 6.53. The standard InChI is InChI=1S/C24H31N3O3SSi/c1-24(2,3)30-23(29)27-13-11-19(16-27)21(28)26-22-25-15-20(31-22)18-9-7-17(8-10-18)12-14-32(4,5)6/h7-10,15,19H,11,13,16H2,1-6H3,(H,25,26,28)/t19-/m0/s1. The van der Waals surface area contributed by atoms with Gasteiger partial charge in [0.15, 0.2) is 5.13 Å². The van der Waals surface area contributed by atoms with Crippen LogP contribution in [-0.2, 0) is 9.53 Å². The zero-order chi connectivity index (χ0) is 23.5. The van der Waals surface area contributed by atoms with Crippen molar-refractivity contribution >= 4 is 36.5 Å². The number of nitrogens with one attached hydrogen (secondary N) is 1. The van der Waals surface area contributed by atoms with Gasteiger partial charge in [-0.15, -0.1) is 5.54 Å². The lowest BCUT2D eigenvalue weighted by Crippen LogP contribution is -2.36. The van der Waals surface area contributed by atoms with Crippen LogP contribution in [0.25, 0.3) is 10.4 Å². The Balaban J connectivity index is 1.58. The molecule has 8 heteroatoms. The van der Waals surface area contributed by atoms with E-state index in [4.69, 9.17) is 4.74 Å². The van der Waals surface area contributed by atoms with Crippen molar-refractivity contribution in [1.29, 1.82) is 0 Å². The van der Waals surface area contributed by atoms with Crippen molar-refractivity contribution in [3.8, 4) is 21.9 Å². The van der Waals surface area contributed by atoms with Crippen LogP contribution in [0.1, 0.15) is 32.8 Å². The van der Waals surface area contributed by atoms with Crippen LogP contribution in [0, 0.1) is 17.4 Å². The number of aromatic nitrogens is 1. The number of carbonyl (C=O) groups excluding carboxylic acids is 2. The average Bonchev–Trinajstić information content (AvgIpc) is 3.35. The van der Waals surface area contributed by atoms with E-state index < -0.39 is 13.7 Å². The van der Waals surface area contributed by atoms with Crippen LogP contribution in [0.3, 0.4) is 0 Å². The second-order valence-electron chi connectivity index (χ2n) is 10.0. The Labute approximate surface area is 195 Å². The topological polar surface area (TPSA) is 71.5 Å². The van der Waals surface area contributed by atoms with Crippen molar-refractivity contribution in [2.45, 2.75) is 52.4 Å². The fraction of sp³-hybridized carbons (Fsp3) is 0.458. The van der Waals surface area contributed by atoms with Gasteiger partial charge in [0.25, 0.3) is 0 Å². The van der Waals surface area contributed by atoms with Crippen molar-refractivity contribution in [2.75, 3.05) is 18.4 Å². The number of ether oxygens (including phenoxy) is 1. The highest BCUT2D eigenvalue weighted by Gasteiger charge is 2.33. The molecule has 0 radical (unpaired) electrons. The number of likely N-dealkylation sites (tertiary alicyclic amines) is 1. The first-order valence-electron chi connectivity index (χ1n) is 10.8. The average molecular weight is 470 g/mol. The number of thiazole rings is 1. The highest BCUT2D eigenvalue weighted by molar-refractivity contribution is 7.19. The van der Waals surface area contributed by atoms with Gasteiger partial charge in [-0.05, 0) is 44.9 Å². The molecule has 1 saturated heterocycles. The molecular formula is C24H31N3O3SSi. The third-order valence-electron chi connectivity index (χ3n) is 4.70. The molecular weight excluding hydrogens is 438 g/mol. The highest BCUT2D eigenvalue weighted by Crippen LogP contribution is 2.30. The molecule has 170 valence electrons. The van der Waals surface area contributed by atoms with E-state index in [0.29, 0.717) is 24.6 Å². The largest absolute Gasteiger partial charge is 0.444 e. The Hall–Kier alpha value is -2.63. The summed E-state index contributed by atoms with van der Waals surface area (Å²) in [4.78, 5) is 31.8. The molecule has 1 fully saturated rings. The molecule has 0 bridgehead atoms. The molecule has 1 aromatic heterocycles. The Kier molecular flexibility index (Phi) is 7.11. The maximum absolute atomic E-state index is 12.7. The number of amides is 2. The fourth-order valence-corrected chi connectivity index (χ4v) is 4.46. The van der Waals surface area contributed by atoms with E-state index in [0.717, 1.165) is 16.0 Å². The molecule has 3 rings (SSSR count). The Morgan fingerprint density at radius 2 is 1.91 bits per heavy atom.